The van der Waals surface area contributed by atoms with E-state index in [2.05, 4.69) is 54.4 Å². The first-order valence-corrected chi connectivity index (χ1v) is 4.57. The summed E-state index contributed by atoms with van der Waals surface area (Å²) in [7, 11) is 2.08. The second-order valence-corrected chi connectivity index (χ2v) is 3.70. The molecule has 0 bridgehead atoms. The van der Waals surface area contributed by atoms with Gasteiger partial charge in [0.1, 0.15) is 0 Å². The Hall–Kier alpha value is -1.50. The summed E-state index contributed by atoms with van der Waals surface area (Å²) in [4.78, 5) is 0. The van der Waals surface area contributed by atoms with E-state index in [1.165, 1.54) is 16.7 Å². The van der Waals surface area contributed by atoms with Crippen molar-refractivity contribution in [1.29, 1.82) is 0 Å². The van der Waals surface area contributed by atoms with Crippen molar-refractivity contribution in [3.05, 3.63) is 53.4 Å². The minimum atomic E-state index is 0.515. The lowest BCUT2D eigenvalue weighted by Gasteiger charge is -2.14. The third-order valence-electron chi connectivity index (χ3n) is 2.76. The second kappa shape index (κ2) is 2.25. The molecule has 1 nitrogen and oxygen atoms in total. The van der Waals surface area contributed by atoms with Crippen molar-refractivity contribution >= 4 is 6.08 Å². The number of hydrogen-bond donors (Lipinski definition) is 0. The molecular weight excluding hydrogens is 158 g/mol. The minimum Gasteiger partial charge on any atom is -0.356 e. The van der Waals surface area contributed by atoms with Gasteiger partial charge in [-0.25, -0.2) is 0 Å². The predicted octanol–water partition coefficient (Wildman–Crippen LogP) is 2.63. The van der Waals surface area contributed by atoms with Crippen molar-refractivity contribution < 1.29 is 0 Å². The van der Waals surface area contributed by atoms with Crippen molar-refractivity contribution in [2.45, 2.75) is 5.92 Å². The van der Waals surface area contributed by atoms with Gasteiger partial charge >= 0.3 is 0 Å². The summed E-state index contributed by atoms with van der Waals surface area (Å²) in [5.41, 5.74) is 4.21. The fourth-order valence-corrected chi connectivity index (χ4v) is 2.15. The molecule has 0 N–H and O–H groups in total. The van der Waals surface area contributed by atoms with Crippen LogP contribution in [0.15, 0.2) is 42.3 Å². The Morgan fingerprint density at radius 2 is 2.15 bits per heavy atom. The van der Waals surface area contributed by atoms with E-state index in [0.29, 0.717) is 5.92 Å². The maximum absolute atomic E-state index is 2.26. The van der Waals surface area contributed by atoms with Crippen molar-refractivity contribution in [1.82, 2.24) is 4.57 Å². The quantitative estimate of drug-likeness (QED) is 0.562. The topological polar surface area (TPSA) is 4.93 Å². The van der Waals surface area contributed by atoms with Crippen molar-refractivity contribution in [3.63, 3.8) is 0 Å². The summed E-state index contributed by atoms with van der Waals surface area (Å²) in [5.74, 6) is 0.515. The molecule has 1 atom stereocenters. The largest absolute Gasteiger partial charge is 0.356 e. The van der Waals surface area contributed by atoms with Gasteiger partial charge in [-0.2, -0.15) is 0 Å². The van der Waals surface area contributed by atoms with Crippen LogP contribution < -0.4 is 0 Å². The first kappa shape index (κ1) is 6.96. The van der Waals surface area contributed by atoms with Crippen LogP contribution in [-0.4, -0.2) is 4.57 Å². The average molecular weight is 169 g/mol. The molecule has 3 rings (SSSR count). The molecule has 1 heterocycles. The highest BCUT2D eigenvalue weighted by Crippen LogP contribution is 2.37. The molecule has 1 aromatic rings. The van der Waals surface area contributed by atoms with Gasteiger partial charge in [0, 0.05) is 25.4 Å². The molecule has 1 unspecified atom stereocenters. The highest BCUT2D eigenvalue weighted by Gasteiger charge is 2.21. The maximum Gasteiger partial charge on any atom is 0.0293 e. The lowest BCUT2D eigenvalue weighted by Crippen LogP contribution is -1.98. The van der Waals surface area contributed by atoms with Gasteiger partial charge in [-0.15, -0.1) is 0 Å². The van der Waals surface area contributed by atoms with Gasteiger partial charge < -0.3 is 4.57 Å². The summed E-state index contributed by atoms with van der Waals surface area (Å²) >= 11 is 0. The van der Waals surface area contributed by atoms with E-state index in [9.17, 15) is 0 Å². The number of hydrogen-bond acceptors (Lipinski definition) is 0. The minimum absolute atomic E-state index is 0.515. The zero-order valence-electron chi connectivity index (χ0n) is 7.57. The van der Waals surface area contributed by atoms with Crippen LogP contribution in [0.25, 0.3) is 6.08 Å². The number of fused-ring (bicyclic) bond motifs is 3. The van der Waals surface area contributed by atoms with E-state index in [-0.39, 0.29) is 0 Å². The van der Waals surface area contributed by atoms with Crippen LogP contribution in [0.3, 0.4) is 0 Å². The van der Waals surface area contributed by atoms with Gasteiger partial charge in [0.2, 0.25) is 0 Å². The Morgan fingerprint density at radius 1 is 1.23 bits per heavy atom. The molecule has 0 amide bonds. The molecule has 64 valence electrons. The average Bonchev–Trinajstić information content (AvgIpc) is 2.65. The standard InChI is InChI=1S/C12H11N/c1-13-7-10-6-5-9-3-2-4-11(9)12(10)8-13/h2-8,11H,1H3. The first-order valence-electron chi connectivity index (χ1n) is 4.57. The lowest BCUT2D eigenvalue weighted by molar-refractivity contribution is 0.914. The van der Waals surface area contributed by atoms with Crippen LogP contribution in [0.1, 0.15) is 17.0 Å². The molecule has 0 radical (unpaired) electrons. The number of nitrogens with zero attached hydrogens (tertiary/aromatic N) is 1. The van der Waals surface area contributed by atoms with Crippen LogP contribution in [0, 0.1) is 0 Å². The molecule has 0 saturated heterocycles. The molecule has 0 saturated carbocycles. The molecule has 0 aliphatic heterocycles. The number of rotatable bonds is 0. The smallest absolute Gasteiger partial charge is 0.0293 e. The Bertz CT molecular complexity index is 444. The number of allylic oxidation sites excluding steroid dienone is 5. The van der Waals surface area contributed by atoms with Gasteiger partial charge in [-0.3, -0.25) is 0 Å². The van der Waals surface area contributed by atoms with Crippen LogP contribution >= 0.6 is 0 Å². The molecule has 13 heavy (non-hydrogen) atoms. The predicted molar refractivity (Wildman–Crippen MR) is 54.4 cm³/mol. The highest BCUT2D eigenvalue weighted by molar-refractivity contribution is 5.66. The van der Waals surface area contributed by atoms with Gasteiger partial charge in [-0.05, 0) is 16.7 Å². The SMILES string of the molecule is Cn1cc2c(c1)C1C=CC=C1C=C2. The van der Waals surface area contributed by atoms with Crippen LogP contribution in [0.2, 0.25) is 0 Å². The third-order valence-corrected chi connectivity index (χ3v) is 2.76. The van der Waals surface area contributed by atoms with Crippen molar-refractivity contribution in [2.75, 3.05) is 0 Å². The van der Waals surface area contributed by atoms with Crippen LogP contribution in [0.4, 0.5) is 0 Å². The lowest BCUT2D eigenvalue weighted by atomic mass is 9.88. The molecule has 0 spiro atoms. The Kier molecular flexibility index (Phi) is 1.21. The van der Waals surface area contributed by atoms with E-state index in [0.717, 1.165) is 0 Å². The molecule has 2 aliphatic carbocycles. The number of aromatic nitrogens is 1. The summed E-state index contributed by atoms with van der Waals surface area (Å²) in [6.45, 7) is 0. The maximum atomic E-state index is 2.26. The molecular formula is C12H11N. The monoisotopic (exact) mass is 169 g/mol. The Morgan fingerprint density at radius 3 is 3.08 bits per heavy atom. The normalized spacial score (nSPS) is 22.8. The second-order valence-electron chi connectivity index (χ2n) is 3.70. The fourth-order valence-electron chi connectivity index (χ4n) is 2.15. The van der Waals surface area contributed by atoms with Crippen LogP contribution in [0.5, 0.6) is 0 Å². The van der Waals surface area contributed by atoms with E-state index in [1.54, 1.807) is 0 Å². The molecule has 1 heteroatoms. The van der Waals surface area contributed by atoms with Gasteiger partial charge in [0.15, 0.2) is 0 Å². The summed E-state index contributed by atoms with van der Waals surface area (Å²) in [5, 5.41) is 0. The fraction of sp³-hybridized carbons (Fsp3) is 0.167. The molecule has 0 aromatic carbocycles. The van der Waals surface area contributed by atoms with Gasteiger partial charge in [-0.1, -0.05) is 30.4 Å². The van der Waals surface area contributed by atoms with E-state index in [4.69, 9.17) is 0 Å². The van der Waals surface area contributed by atoms with Crippen molar-refractivity contribution in [2.24, 2.45) is 7.05 Å². The zero-order valence-corrected chi connectivity index (χ0v) is 7.57. The van der Waals surface area contributed by atoms with Crippen LogP contribution in [-0.2, 0) is 7.05 Å². The van der Waals surface area contributed by atoms with E-state index in [1.807, 2.05) is 0 Å². The number of aryl methyl sites for hydroxylation is 1. The zero-order chi connectivity index (χ0) is 8.84. The van der Waals surface area contributed by atoms with E-state index >= 15 is 0 Å². The van der Waals surface area contributed by atoms with Gasteiger partial charge in [0.05, 0.1) is 0 Å². The third kappa shape index (κ3) is 0.872. The Balaban J connectivity index is 2.24. The van der Waals surface area contributed by atoms with Crippen molar-refractivity contribution in [3.8, 4) is 0 Å². The Labute approximate surface area is 77.7 Å². The molecule has 1 aromatic heterocycles. The van der Waals surface area contributed by atoms with E-state index < -0.39 is 0 Å². The first-order chi connectivity index (χ1) is 6.34. The van der Waals surface area contributed by atoms with Gasteiger partial charge in [0.25, 0.3) is 0 Å². The highest BCUT2D eigenvalue weighted by atomic mass is 14.9. The molecule has 0 fully saturated rings. The summed E-state index contributed by atoms with van der Waals surface area (Å²) < 4.78 is 2.13. The molecule has 2 aliphatic rings. The summed E-state index contributed by atoms with van der Waals surface area (Å²) in [6, 6.07) is 0. The summed E-state index contributed by atoms with van der Waals surface area (Å²) in [6.07, 6.45) is 15.4.